The number of ether oxygens (including phenoxy) is 2. The molecule has 0 radical (unpaired) electrons. The molecular formula is C21H27N3O7S. The highest BCUT2D eigenvalue weighted by molar-refractivity contribution is 7.93. The van der Waals surface area contributed by atoms with Crippen LogP contribution in [0.3, 0.4) is 0 Å². The molecule has 0 aliphatic heterocycles. The second kappa shape index (κ2) is 10.8. The van der Waals surface area contributed by atoms with Gasteiger partial charge in [-0.1, -0.05) is 26.0 Å². The fourth-order valence-corrected chi connectivity index (χ4v) is 4.51. The molecule has 2 rings (SSSR count). The highest BCUT2D eigenvalue weighted by atomic mass is 32.2. The van der Waals surface area contributed by atoms with Crippen LogP contribution in [0.5, 0.6) is 11.5 Å². The lowest BCUT2D eigenvalue weighted by molar-refractivity contribution is -0.387. The van der Waals surface area contributed by atoms with E-state index in [1.54, 1.807) is 0 Å². The lowest BCUT2D eigenvalue weighted by Gasteiger charge is -2.25. The fraction of sp³-hybridized carbons (Fsp3) is 0.381. The van der Waals surface area contributed by atoms with Gasteiger partial charge in [-0.25, -0.2) is 8.42 Å². The highest BCUT2D eigenvalue weighted by Gasteiger charge is 2.34. The third-order valence-corrected chi connectivity index (χ3v) is 6.42. The van der Waals surface area contributed by atoms with Crippen molar-refractivity contribution in [1.82, 2.24) is 5.32 Å². The monoisotopic (exact) mass is 465 g/mol. The molecule has 174 valence electrons. The van der Waals surface area contributed by atoms with Crippen molar-refractivity contribution in [1.29, 1.82) is 0 Å². The van der Waals surface area contributed by atoms with Crippen LogP contribution in [0, 0.1) is 16.0 Å². The molecule has 0 aliphatic rings. The first-order valence-electron chi connectivity index (χ1n) is 9.86. The Morgan fingerprint density at radius 2 is 1.84 bits per heavy atom. The first-order valence-corrected chi connectivity index (χ1v) is 11.3. The number of amides is 1. The van der Waals surface area contributed by atoms with Crippen molar-refractivity contribution in [3.05, 3.63) is 52.6 Å². The molecule has 0 bridgehead atoms. The number of nitro groups is 1. The second-order valence-electron chi connectivity index (χ2n) is 7.31. The Morgan fingerprint density at radius 1 is 1.16 bits per heavy atom. The van der Waals surface area contributed by atoms with E-state index in [1.807, 2.05) is 13.8 Å². The van der Waals surface area contributed by atoms with Crippen LogP contribution < -0.4 is 19.1 Å². The molecule has 1 N–H and O–H groups in total. The Morgan fingerprint density at radius 3 is 2.44 bits per heavy atom. The molecule has 0 aliphatic carbocycles. The summed E-state index contributed by atoms with van der Waals surface area (Å²) < 4.78 is 38.4. The molecule has 0 heterocycles. The summed E-state index contributed by atoms with van der Waals surface area (Å²) in [4.78, 5) is 22.8. The molecule has 0 unspecified atom stereocenters. The zero-order valence-corrected chi connectivity index (χ0v) is 19.2. The fourth-order valence-electron chi connectivity index (χ4n) is 2.92. The number of benzene rings is 2. The maximum atomic E-state index is 13.6. The van der Waals surface area contributed by atoms with E-state index in [2.05, 4.69) is 5.32 Å². The molecule has 32 heavy (non-hydrogen) atoms. The van der Waals surface area contributed by atoms with Gasteiger partial charge in [0.2, 0.25) is 5.91 Å². The van der Waals surface area contributed by atoms with Crippen LogP contribution in [0.15, 0.2) is 47.4 Å². The number of carbonyl (C=O) groups excluding carboxylic acids is 1. The van der Waals surface area contributed by atoms with Gasteiger partial charge in [0, 0.05) is 18.7 Å². The summed E-state index contributed by atoms with van der Waals surface area (Å²) in [5.41, 5.74) is -0.546. The van der Waals surface area contributed by atoms with Crippen LogP contribution in [0.1, 0.15) is 20.3 Å². The smallest absolute Gasteiger partial charge is 0.289 e. The van der Waals surface area contributed by atoms with E-state index < -0.39 is 38.0 Å². The zero-order valence-electron chi connectivity index (χ0n) is 18.4. The average molecular weight is 466 g/mol. The summed E-state index contributed by atoms with van der Waals surface area (Å²) in [7, 11) is -1.72. The van der Waals surface area contributed by atoms with Gasteiger partial charge >= 0.3 is 0 Å². The third-order valence-electron chi connectivity index (χ3n) is 4.62. The van der Waals surface area contributed by atoms with E-state index in [0.717, 1.165) is 16.4 Å². The quantitative estimate of drug-likeness (QED) is 0.399. The molecule has 0 saturated heterocycles. The maximum Gasteiger partial charge on any atom is 0.289 e. The summed E-state index contributed by atoms with van der Waals surface area (Å²) in [5, 5.41) is 14.2. The SMILES string of the molecule is COc1ccc(N(CC(=O)NCCC(C)C)S(=O)(=O)c2ccccc2[N+](=O)[O-])c(OC)c1. The Bertz CT molecular complexity index is 1070. The van der Waals surface area contributed by atoms with Crippen molar-refractivity contribution in [2.45, 2.75) is 25.2 Å². The minimum absolute atomic E-state index is 0.0467. The molecule has 2 aromatic rings. The van der Waals surface area contributed by atoms with Crippen molar-refractivity contribution in [3.63, 3.8) is 0 Å². The number of sulfonamides is 1. The van der Waals surface area contributed by atoms with E-state index in [4.69, 9.17) is 9.47 Å². The number of hydrogen-bond acceptors (Lipinski definition) is 7. The van der Waals surface area contributed by atoms with Gasteiger partial charge in [-0.15, -0.1) is 0 Å². The van der Waals surface area contributed by atoms with Crippen LogP contribution in [-0.2, 0) is 14.8 Å². The van der Waals surface area contributed by atoms with Gasteiger partial charge in [0.25, 0.3) is 15.7 Å². The summed E-state index contributed by atoms with van der Waals surface area (Å²) in [6.07, 6.45) is 0.717. The number of rotatable bonds is 11. The number of hydrogen-bond donors (Lipinski definition) is 1. The Hall–Kier alpha value is -3.34. The Kier molecular flexibility index (Phi) is 8.41. The van der Waals surface area contributed by atoms with Crippen LogP contribution in [-0.4, -0.2) is 46.6 Å². The van der Waals surface area contributed by atoms with Gasteiger partial charge in [-0.2, -0.15) is 0 Å². The van der Waals surface area contributed by atoms with Gasteiger partial charge in [0.15, 0.2) is 4.90 Å². The first-order chi connectivity index (χ1) is 15.1. The molecule has 0 saturated carbocycles. The van der Waals surface area contributed by atoms with Gasteiger partial charge in [-0.05, 0) is 30.5 Å². The molecule has 0 aromatic heterocycles. The molecule has 0 spiro atoms. The Balaban J connectivity index is 2.56. The van der Waals surface area contributed by atoms with Crippen molar-refractivity contribution in [2.75, 3.05) is 31.6 Å². The summed E-state index contributed by atoms with van der Waals surface area (Å²) in [6, 6.07) is 9.38. The van der Waals surface area contributed by atoms with Crippen molar-refractivity contribution in [2.24, 2.45) is 5.92 Å². The van der Waals surface area contributed by atoms with E-state index in [1.165, 1.54) is 44.6 Å². The minimum atomic E-state index is -4.51. The highest BCUT2D eigenvalue weighted by Crippen LogP contribution is 2.37. The number of nitrogens with one attached hydrogen (secondary N) is 1. The number of para-hydroxylation sites is 1. The topological polar surface area (TPSA) is 128 Å². The Labute approximate surface area is 187 Å². The van der Waals surface area contributed by atoms with Crippen molar-refractivity contribution in [3.8, 4) is 11.5 Å². The number of nitrogens with zero attached hydrogens (tertiary/aromatic N) is 2. The predicted octanol–water partition coefficient (Wildman–Crippen LogP) is 2.97. The lowest BCUT2D eigenvalue weighted by atomic mass is 10.1. The van der Waals surface area contributed by atoms with Gasteiger partial charge in [0.1, 0.15) is 18.0 Å². The minimum Gasteiger partial charge on any atom is -0.497 e. The van der Waals surface area contributed by atoms with Gasteiger partial charge < -0.3 is 14.8 Å². The number of anilines is 1. The van der Waals surface area contributed by atoms with Gasteiger partial charge in [-0.3, -0.25) is 19.2 Å². The molecule has 1 amide bonds. The van der Waals surface area contributed by atoms with E-state index >= 15 is 0 Å². The lowest BCUT2D eigenvalue weighted by Crippen LogP contribution is -2.41. The number of carbonyl (C=O) groups is 1. The van der Waals surface area contributed by atoms with Crippen LogP contribution in [0.25, 0.3) is 0 Å². The van der Waals surface area contributed by atoms with Crippen molar-refractivity contribution >= 4 is 27.3 Å². The second-order valence-corrected chi connectivity index (χ2v) is 9.14. The molecule has 10 nitrogen and oxygen atoms in total. The predicted molar refractivity (Wildman–Crippen MR) is 120 cm³/mol. The van der Waals surface area contributed by atoms with Crippen molar-refractivity contribution < 1.29 is 27.6 Å². The number of methoxy groups -OCH3 is 2. The standard InChI is InChI=1S/C21H27N3O7S/c1-15(2)11-12-22-21(25)14-23(17-10-9-16(30-3)13-19(17)31-4)32(28,29)20-8-6-5-7-18(20)24(26)27/h5-10,13,15H,11-12,14H2,1-4H3,(H,22,25). The van der Waals surface area contributed by atoms with Gasteiger partial charge in [0.05, 0.1) is 24.8 Å². The largest absolute Gasteiger partial charge is 0.497 e. The number of nitro benzene ring substituents is 1. The van der Waals surface area contributed by atoms with Crippen LogP contribution in [0.4, 0.5) is 11.4 Å². The maximum absolute atomic E-state index is 13.6. The molecule has 11 heteroatoms. The normalized spacial score (nSPS) is 11.2. The summed E-state index contributed by atoms with van der Waals surface area (Å²) in [5.74, 6) is 0.339. The molecule has 0 atom stereocenters. The summed E-state index contributed by atoms with van der Waals surface area (Å²) >= 11 is 0. The van der Waals surface area contributed by atoms with E-state index in [-0.39, 0.29) is 11.4 Å². The average Bonchev–Trinajstić information content (AvgIpc) is 2.76. The van der Waals surface area contributed by atoms with Crippen LogP contribution >= 0.6 is 0 Å². The molecule has 0 fully saturated rings. The third kappa shape index (κ3) is 5.88. The first kappa shape index (κ1) is 24.9. The molecular weight excluding hydrogens is 438 g/mol. The molecule has 2 aromatic carbocycles. The van der Waals surface area contributed by atoms with E-state index in [9.17, 15) is 23.3 Å². The van der Waals surface area contributed by atoms with E-state index in [0.29, 0.717) is 24.6 Å². The summed E-state index contributed by atoms with van der Waals surface area (Å²) in [6.45, 7) is 3.78. The zero-order chi connectivity index (χ0) is 23.9. The van der Waals surface area contributed by atoms with Crippen LogP contribution in [0.2, 0.25) is 0 Å².